The van der Waals surface area contributed by atoms with Crippen LogP contribution in [0.1, 0.15) is 51.7 Å². The third-order valence-corrected chi connectivity index (χ3v) is 6.02. The van der Waals surface area contributed by atoms with Crippen LogP contribution < -0.4 is 4.90 Å². The van der Waals surface area contributed by atoms with Crippen molar-refractivity contribution >= 4 is 51.3 Å². The lowest BCUT2D eigenvalue weighted by Gasteiger charge is -2.35. The van der Waals surface area contributed by atoms with Crippen LogP contribution in [0, 0.1) is 9.75 Å². The number of fused-ring (bicyclic) bond motifs is 1. The lowest BCUT2D eigenvalue weighted by molar-refractivity contribution is -0.0290. The van der Waals surface area contributed by atoms with E-state index in [0.717, 1.165) is 56.5 Å². The van der Waals surface area contributed by atoms with Crippen molar-refractivity contribution in [2.45, 2.75) is 51.7 Å². The van der Waals surface area contributed by atoms with Crippen LogP contribution in [0.3, 0.4) is 0 Å². The van der Waals surface area contributed by atoms with Gasteiger partial charge in [-0.1, -0.05) is 24.9 Å². The normalized spacial score (nSPS) is 24.8. The van der Waals surface area contributed by atoms with Crippen LogP contribution >= 0.6 is 34.2 Å². The quantitative estimate of drug-likeness (QED) is 0.374. The molecular weight excluding hydrogens is 453 g/mol. The molecule has 4 rings (SSSR count). The van der Waals surface area contributed by atoms with Gasteiger partial charge in [0, 0.05) is 42.3 Å². The van der Waals surface area contributed by atoms with E-state index < -0.39 is 0 Å². The molecule has 2 atom stereocenters. The molecule has 8 heteroatoms. The molecule has 2 fully saturated rings. The third-order valence-electron chi connectivity index (χ3n) is 5.27. The number of hydrogen-bond acceptors (Lipinski definition) is 5. The highest BCUT2D eigenvalue weighted by atomic mass is 127. The van der Waals surface area contributed by atoms with Crippen LogP contribution in [-0.2, 0) is 4.74 Å². The van der Waals surface area contributed by atoms with Crippen molar-refractivity contribution in [1.29, 1.82) is 0 Å². The molecule has 0 N–H and O–H groups in total. The number of anilines is 1. The molecular formula is C17H23ClIN5O. The highest BCUT2D eigenvalue weighted by Crippen LogP contribution is 2.35. The van der Waals surface area contributed by atoms with Gasteiger partial charge in [0.05, 0.1) is 0 Å². The van der Waals surface area contributed by atoms with Crippen LogP contribution in [0.4, 0.5) is 5.95 Å². The first-order chi connectivity index (χ1) is 12.2. The van der Waals surface area contributed by atoms with Crippen LogP contribution in [0.25, 0.3) is 11.2 Å². The molecule has 2 saturated heterocycles. The van der Waals surface area contributed by atoms with Crippen molar-refractivity contribution in [3.8, 4) is 0 Å². The summed E-state index contributed by atoms with van der Waals surface area (Å²) in [4.78, 5) is 16.2. The second kappa shape index (κ2) is 7.52. The summed E-state index contributed by atoms with van der Waals surface area (Å²) in [5.41, 5.74) is 1.48. The number of imidazole rings is 1. The molecule has 6 nitrogen and oxygen atoms in total. The predicted octanol–water partition coefficient (Wildman–Crippen LogP) is 4.41. The predicted molar refractivity (Wildman–Crippen MR) is 107 cm³/mol. The Morgan fingerprint density at radius 2 is 2.08 bits per heavy atom. The first-order valence-corrected chi connectivity index (χ1v) is 10.6. The fraction of sp³-hybridized carbons (Fsp3) is 0.706. The standard InChI is InChI=1S/C17H23ClIN5O/c1-2-11-6-5-8-23(10-11)17-20-13-14(18)21-16(19)22-15(13)24(17)12-7-3-4-9-25-12/h11-12H,2-10H2,1H3. The maximum atomic E-state index is 6.39. The molecule has 0 saturated carbocycles. The highest BCUT2D eigenvalue weighted by Gasteiger charge is 2.29. The number of hydrogen-bond donors (Lipinski definition) is 0. The van der Waals surface area contributed by atoms with E-state index in [1.165, 1.54) is 19.3 Å². The van der Waals surface area contributed by atoms with Gasteiger partial charge < -0.3 is 9.64 Å². The van der Waals surface area contributed by atoms with E-state index in [1.54, 1.807) is 0 Å². The number of rotatable bonds is 3. The van der Waals surface area contributed by atoms with Gasteiger partial charge in [-0.05, 0) is 38.0 Å². The van der Waals surface area contributed by atoms with Crippen molar-refractivity contribution in [3.05, 3.63) is 8.98 Å². The van der Waals surface area contributed by atoms with E-state index in [-0.39, 0.29) is 6.23 Å². The smallest absolute Gasteiger partial charge is 0.210 e. The zero-order valence-electron chi connectivity index (χ0n) is 14.4. The minimum absolute atomic E-state index is 0.0162. The van der Waals surface area contributed by atoms with Gasteiger partial charge in [0.25, 0.3) is 0 Å². The third kappa shape index (κ3) is 3.47. The maximum absolute atomic E-state index is 6.39. The van der Waals surface area contributed by atoms with Gasteiger partial charge in [-0.15, -0.1) is 0 Å². The van der Waals surface area contributed by atoms with Gasteiger partial charge in [0.2, 0.25) is 5.95 Å². The molecule has 0 bridgehead atoms. The molecule has 2 unspecified atom stereocenters. The molecule has 4 heterocycles. The molecule has 0 amide bonds. The van der Waals surface area contributed by atoms with Crippen molar-refractivity contribution < 1.29 is 4.74 Å². The number of halogens is 2. The van der Waals surface area contributed by atoms with E-state index in [4.69, 9.17) is 21.3 Å². The summed E-state index contributed by atoms with van der Waals surface area (Å²) in [6.45, 7) is 5.12. The van der Waals surface area contributed by atoms with Crippen LogP contribution in [0.2, 0.25) is 5.15 Å². The Hall–Kier alpha value is -0.670. The van der Waals surface area contributed by atoms with Crippen molar-refractivity contribution in [2.24, 2.45) is 5.92 Å². The summed E-state index contributed by atoms with van der Waals surface area (Å²) in [6, 6.07) is 0. The monoisotopic (exact) mass is 475 g/mol. The summed E-state index contributed by atoms with van der Waals surface area (Å²) >= 11 is 8.50. The Bertz CT molecular complexity index is 761. The van der Waals surface area contributed by atoms with Gasteiger partial charge in [0.15, 0.2) is 14.6 Å². The summed E-state index contributed by atoms with van der Waals surface area (Å²) in [5.74, 6) is 1.66. The van der Waals surface area contributed by atoms with E-state index >= 15 is 0 Å². The average Bonchev–Trinajstić information content (AvgIpc) is 3.02. The average molecular weight is 476 g/mol. The molecule has 136 valence electrons. The first kappa shape index (κ1) is 17.7. The van der Waals surface area contributed by atoms with Crippen molar-refractivity contribution in [2.75, 3.05) is 24.6 Å². The van der Waals surface area contributed by atoms with Gasteiger partial charge in [-0.3, -0.25) is 4.57 Å². The first-order valence-electron chi connectivity index (χ1n) is 9.15. The fourth-order valence-electron chi connectivity index (χ4n) is 3.90. The molecule has 25 heavy (non-hydrogen) atoms. The van der Waals surface area contributed by atoms with E-state index in [1.807, 2.05) is 0 Å². The summed E-state index contributed by atoms with van der Waals surface area (Å²) in [6.07, 6.45) is 6.95. The van der Waals surface area contributed by atoms with E-state index in [2.05, 4.69) is 48.9 Å². The molecule has 0 radical (unpaired) electrons. The summed E-state index contributed by atoms with van der Waals surface area (Å²) in [5, 5.41) is 0.425. The van der Waals surface area contributed by atoms with Gasteiger partial charge in [-0.25, -0.2) is 15.0 Å². The topological polar surface area (TPSA) is 56.1 Å². The minimum Gasteiger partial charge on any atom is -0.358 e. The number of piperidine rings is 1. The highest BCUT2D eigenvalue weighted by molar-refractivity contribution is 14.1. The Balaban J connectivity index is 1.82. The Labute approximate surface area is 166 Å². The Morgan fingerprint density at radius 3 is 2.84 bits per heavy atom. The molecule has 2 aromatic heterocycles. The molecule has 0 aromatic carbocycles. The lowest BCUT2D eigenvalue weighted by atomic mass is 9.96. The largest absolute Gasteiger partial charge is 0.358 e. The van der Waals surface area contributed by atoms with Crippen molar-refractivity contribution in [3.63, 3.8) is 0 Å². The second-order valence-corrected chi connectivity index (χ2v) is 8.24. The number of ether oxygens (including phenoxy) is 1. The van der Waals surface area contributed by atoms with E-state index in [0.29, 0.717) is 14.5 Å². The molecule has 2 aliphatic heterocycles. The number of nitrogens with zero attached hydrogens (tertiary/aromatic N) is 5. The summed E-state index contributed by atoms with van der Waals surface area (Å²) < 4.78 is 8.90. The second-order valence-electron chi connectivity index (χ2n) is 6.92. The Kier molecular flexibility index (Phi) is 5.33. The minimum atomic E-state index is -0.0162. The van der Waals surface area contributed by atoms with Gasteiger partial charge >= 0.3 is 0 Å². The molecule has 2 aliphatic rings. The SMILES string of the molecule is CCC1CCCN(c2nc3c(Cl)nc(I)nc3n2C2CCCCO2)C1. The van der Waals surface area contributed by atoms with E-state index in [9.17, 15) is 0 Å². The maximum Gasteiger partial charge on any atom is 0.210 e. The summed E-state index contributed by atoms with van der Waals surface area (Å²) in [7, 11) is 0. The zero-order valence-corrected chi connectivity index (χ0v) is 17.3. The van der Waals surface area contributed by atoms with Crippen molar-refractivity contribution in [1.82, 2.24) is 19.5 Å². The molecule has 0 aliphatic carbocycles. The van der Waals surface area contributed by atoms with Crippen LogP contribution in [0.5, 0.6) is 0 Å². The molecule has 0 spiro atoms. The molecule has 2 aromatic rings. The van der Waals surface area contributed by atoms with Crippen LogP contribution in [0.15, 0.2) is 0 Å². The van der Waals surface area contributed by atoms with Gasteiger partial charge in [0.1, 0.15) is 11.7 Å². The Morgan fingerprint density at radius 1 is 1.20 bits per heavy atom. The van der Waals surface area contributed by atoms with Crippen LogP contribution in [-0.4, -0.2) is 39.2 Å². The van der Waals surface area contributed by atoms with Gasteiger partial charge in [-0.2, -0.15) is 0 Å². The number of aromatic nitrogens is 4. The lowest BCUT2D eigenvalue weighted by Crippen LogP contribution is -2.37. The zero-order chi connectivity index (χ0) is 17.4. The fourth-order valence-corrected chi connectivity index (χ4v) is 4.72.